The number of aryl methyl sites for hydroxylation is 1. The molecule has 2 rings (SSSR count). The van der Waals surface area contributed by atoms with Crippen LogP contribution >= 0.6 is 27.3 Å². The van der Waals surface area contributed by atoms with E-state index in [1.54, 1.807) is 0 Å². The second-order valence-corrected chi connectivity index (χ2v) is 7.74. The normalized spacial score (nSPS) is 12.6. The molecule has 1 heterocycles. The van der Waals surface area contributed by atoms with Gasteiger partial charge in [-0.3, -0.25) is 0 Å². The van der Waals surface area contributed by atoms with E-state index in [2.05, 4.69) is 71.5 Å². The number of hydrogen-bond donors (Lipinski definition) is 1. The first-order valence-corrected chi connectivity index (χ1v) is 8.82. The predicted octanol–water partition coefficient (Wildman–Crippen LogP) is 4.97. The van der Waals surface area contributed by atoms with Crippen molar-refractivity contribution in [3.8, 4) is 0 Å². The van der Waals surface area contributed by atoms with Gasteiger partial charge in [0.1, 0.15) is 0 Å². The molecule has 1 N–H and O–H groups in total. The van der Waals surface area contributed by atoms with Gasteiger partial charge in [0, 0.05) is 10.9 Å². The minimum absolute atomic E-state index is 0.515. The van der Waals surface area contributed by atoms with Crippen LogP contribution in [0.15, 0.2) is 40.2 Å². The third-order valence-electron chi connectivity index (χ3n) is 3.49. The number of thiophene rings is 1. The van der Waals surface area contributed by atoms with Crippen LogP contribution in [0.5, 0.6) is 0 Å². The van der Waals surface area contributed by atoms with Gasteiger partial charge in [-0.15, -0.1) is 11.3 Å². The average molecular weight is 352 g/mol. The summed E-state index contributed by atoms with van der Waals surface area (Å²) in [7, 11) is 0. The summed E-state index contributed by atoms with van der Waals surface area (Å²) in [4.78, 5) is 1.44. The van der Waals surface area contributed by atoms with E-state index >= 15 is 0 Å². The van der Waals surface area contributed by atoms with Gasteiger partial charge in [0.15, 0.2) is 0 Å². The lowest BCUT2D eigenvalue weighted by Gasteiger charge is -2.19. The lowest BCUT2D eigenvalue weighted by Crippen LogP contribution is -2.33. The highest BCUT2D eigenvalue weighted by molar-refractivity contribution is 9.11. The maximum Gasteiger partial charge on any atom is 0.0701 e. The highest BCUT2D eigenvalue weighted by Crippen LogP contribution is 2.24. The predicted molar refractivity (Wildman–Crippen MR) is 92.7 cm³/mol. The number of rotatable bonds is 7. The third kappa shape index (κ3) is 4.72. The fourth-order valence-corrected chi connectivity index (χ4v) is 3.94. The molecular weight excluding hydrogens is 330 g/mol. The molecular formula is C17H22BrNS. The number of halogens is 1. The summed E-state index contributed by atoms with van der Waals surface area (Å²) in [5.41, 5.74) is 2.85. The van der Waals surface area contributed by atoms with E-state index in [1.165, 1.54) is 26.2 Å². The van der Waals surface area contributed by atoms with Crippen LogP contribution in [0.4, 0.5) is 0 Å². The zero-order valence-corrected chi connectivity index (χ0v) is 14.6. The molecule has 0 saturated heterocycles. The molecule has 0 saturated carbocycles. The lowest BCUT2D eigenvalue weighted by atomic mass is 9.98. The molecule has 108 valence electrons. The third-order valence-corrected chi connectivity index (χ3v) is 5.13. The molecule has 0 aliphatic rings. The van der Waals surface area contributed by atoms with Crippen molar-refractivity contribution < 1.29 is 0 Å². The van der Waals surface area contributed by atoms with Gasteiger partial charge in [0.05, 0.1) is 3.79 Å². The Morgan fingerprint density at radius 1 is 1.15 bits per heavy atom. The molecule has 0 aliphatic carbocycles. The van der Waals surface area contributed by atoms with Crippen LogP contribution in [0, 0.1) is 6.92 Å². The van der Waals surface area contributed by atoms with Crippen LogP contribution in [0.2, 0.25) is 0 Å². The summed E-state index contributed by atoms with van der Waals surface area (Å²) in [5.74, 6) is 0. The van der Waals surface area contributed by atoms with Gasteiger partial charge in [-0.05, 0) is 71.9 Å². The van der Waals surface area contributed by atoms with Crippen LogP contribution in [0.1, 0.15) is 29.3 Å². The molecule has 3 heteroatoms. The van der Waals surface area contributed by atoms with Crippen LogP contribution in [0.25, 0.3) is 0 Å². The Hall–Kier alpha value is -0.640. The number of nitrogens with one attached hydrogen (secondary N) is 1. The standard InChI is InChI=1S/C17H22BrNS/c1-3-10-19-15(12-16-8-9-17(18)20-16)11-14-7-5-4-6-13(14)2/h4-9,15,19H,3,10-12H2,1-2H3. The van der Waals surface area contributed by atoms with Gasteiger partial charge >= 0.3 is 0 Å². The van der Waals surface area contributed by atoms with E-state index in [4.69, 9.17) is 0 Å². The Balaban J connectivity index is 2.05. The second kappa shape index (κ2) is 7.96. The largest absolute Gasteiger partial charge is 0.313 e. The molecule has 0 radical (unpaired) electrons. The van der Waals surface area contributed by atoms with Crippen molar-refractivity contribution in [1.82, 2.24) is 5.32 Å². The van der Waals surface area contributed by atoms with E-state index in [1.807, 2.05) is 11.3 Å². The van der Waals surface area contributed by atoms with Crippen molar-refractivity contribution in [3.63, 3.8) is 0 Å². The van der Waals surface area contributed by atoms with Crippen LogP contribution in [-0.2, 0) is 12.8 Å². The SMILES string of the molecule is CCCNC(Cc1ccc(Br)s1)Cc1ccccc1C. The smallest absolute Gasteiger partial charge is 0.0701 e. The minimum Gasteiger partial charge on any atom is -0.313 e. The highest BCUT2D eigenvalue weighted by Gasteiger charge is 2.12. The fraction of sp³-hybridized carbons (Fsp3) is 0.412. The summed E-state index contributed by atoms with van der Waals surface area (Å²) < 4.78 is 1.22. The van der Waals surface area contributed by atoms with Crippen molar-refractivity contribution in [3.05, 3.63) is 56.2 Å². The van der Waals surface area contributed by atoms with Crippen molar-refractivity contribution in [2.75, 3.05) is 6.54 Å². The first-order valence-electron chi connectivity index (χ1n) is 7.21. The molecule has 1 nitrogen and oxygen atoms in total. The van der Waals surface area contributed by atoms with Crippen molar-refractivity contribution in [2.45, 2.75) is 39.2 Å². The van der Waals surface area contributed by atoms with E-state index in [-0.39, 0.29) is 0 Å². The van der Waals surface area contributed by atoms with Gasteiger partial charge in [0.25, 0.3) is 0 Å². The van der Waals surface area contributed by atoms with Gasteiger partial charge in [0.2, 0.25) is 0 Å². The molecule has 0 aliphatic heterocycles. The molecule has 0 bridgehead atoms. The zero-order valence-electron chi connectivity index (χ0n) is 12.2. The minimum atomic E-state index is 0.515. The summed E-state index contributed by atoms with van der Waals surface area (Å²) in [5, 5.41) is 3.69. The zero-order chi connectivity index (χ0) is 14.4. The van der Waals surface area contributed by atoms with Crippen molar-refractivity contribution in [2.24, 2.45) is 0 Å². The maximum atomic E-state index is 3.69. The quantitative estimate of drug-likeness (QED) is 0.742. The molecule has 1 aromatic heterocycles. The summed E-state index contributed by atoms with van der Waals surface area (Å²) in [6.45, 7) is 5.51. The maximum absolute atomic E-state index is 3.69. The summed E-state index contributed by atoms with van der Waals surface area (Å²) in [6.07, 6.45) is 3.38. The molecule has 2 aromatic rings. The monoisotopic (exact) mass is 351 g/mol. The van der Waals surface area contributed by atoms with Crippen LogP contribution < -0.4 is 5.32 Å². The Morgan fingerprint density at radius 3 is 2.60 bits per heavy atom. The molecule has 0 amide bonds. The molecule has 1 unspecified atom stereocenters. The van der Waals surface area contributed by atoms with Gasteiger partial charge < -0.3 is 5.32 Å². The van der Waals surface area contributed by atoms with Crippen molar-refractivity contribution in [1.29, 1.82) is 0 Å². The Morgan fingerprint density at radius 2 is 1.95 bits per heavy atom. The first kappa shape index (κ1) is 15.7. The van der Waals surface area contributed by atoms with Crippen LogP contribution in [0.3, 0.4) is 0 Å². The van der Waals surface area contributed by atoms with Crippen molar-refractivity contribution >= 4 is 27.3 Å². The van der Waals surface area contributed by atoms with E-state index in [0.717, 1.165) is 19.4 Å². The lowest BCUT2D eigenvalue weighted by molar-refractivity contribution is 0.506. The Kier molecular flexibility index (Phi) is 6.27. The summed E-state index contributed by atoms with van der Waals surface area (Å²) >= 11 is 5.39. The van der Waals surface area contributed by atoms with E-state index < -0.39 is 0 Å². The molecule has 1 aromatic carbocycles. The van der Waals surface area contributed by atoms with Gasteiger partial charge in [-0.2, -0.15) is 0 Å². The topological polar surface area (TPSA) is 12.0 Å². The molecule has 0 fully saturated rings. The highest BCUT2D eigenvalue weighted by atomic mass is 79.9. The van der Waals surface area contributed by atoms with E-state index in [0.29, 0.717) is 6.04 Å². The van der Waals surface area contributed by atoms with Crippen LogP contribution in [-0.4, -0.2) is 12.6 Å². The molecule has 0 spiro atoms. The number of hydrogen-bond acceptors (Lipinski definition) is 2. The Bertz CT molecular complexity index is 535. The summed E-state index contributed by atoms with van der Waals surface area (Å²) in [6, 6.07) is 13.6. The van der Waals surface area contributed by atoms with Gasteiger partial charge in [-0.1, -0.05) is 31.2 Å². The second-order valence-electron chi connectivity index (χ2n) is 5.19. The molecule has 20 heavy (non-hydrogen) atoms. The fourth-order valence-electron chi connectivity index (χ4n) is 2.37. The van der Waals surface area contributed by atoms with E-state index in [9.17, 15) is 0 Å². The van der Waals surface area contributed by atoms with Gasteiger partial charge in [-0.25, -0.2) is 0 Å². The number of benzene rings is 1. The first-order chi connectivity index (χ1) is 9.69. The average Bonchev–Trinajstić information content (AvgIpc) is 2.84. The molecule has 1 atom stereocenters. The Labute approximate surface area is 134 Å².